The molecule has 0 radical (unpaired) electrons. The van der Waals surface area contributed by atoms with Crippen molar-refractivity contribution in [2.75, 3.05) is 19.6 Å². The SMILES string of the molecule is Cl.Cn1ccnc1C1CNCCN1Cc1cnc(-c2ccccc2)[nH]1. The number of halogens is 1. The van der Waals surface area contributed by atoms with Gasteiger partial charge in [-0.25, -0.2) is 9.97 Å². The number of nitrogens with zero attached hydrogens (tertiary/aromatic N) is 4. The molecule has 3 aromatic rings. The summed E-state index contributed by atoms with van der Waals surface area (Å²) >= 11 is 0. The van der Waals surface area contributed by atoms with E-state index in [4.69, 9.17) is 0 Å². The third-order valence-electron chi connectivity index (χ3n) is 4.56. The lowest BCUT2D eigenvalue weighted by molar-refractivity contribution is 0.143. The van der Waals surface area contributed by atoms with Crippen LogP contribution in [0.4, 0.5) is 0 Å². The summed E-state index contributed by atoms with van der Waals surface area (Å²) < 4.78 is 2.10. The number of imidazole rings is 2. The molecule has 0 aliphatic carbocycles. The standard InChI is InChI=1S/C18H22N6.ClH/c1-23-9-8-20-18(23)16-12-19-7-10-24(16)13-15-11-21-17(22-15)14-5-3-2-4-6-14;/h2-6,8-9,11,16,19H,7,10,12-13H2,1H3,(H,21,22);1H. The topological polar surface area (TPSA) is 61.8 Å². The Bertz CT molecular complexity index is 797. The van der Waals surface area contributed by atoms with E-state index in [1.165, 1.54) is 0 Å². The average molecular weight is 359 g/mol. The molecule has 1 unspecified atom stereocenters. The zero-order valence-corrected chi connectivity index (χ0v) is 15.0. The van der Waals surface area contributed by atoms with Crippen molar-refractivity contribution < 1.29 is 0 Å². The first-order chi connectivity index (χ1) is 11.8. The largest absolute Gasteiger partial charge is 0.341 e. The van der Waals surface area contributed by atoms with Gasteiger partial charge >= 0.3 is 0 Å². The number of aromatic amines is 1. The molecule has 0 bridgehead atoms. The van der Waals surface area contributed by atoms with E-state index in [2.05, 4.69) is 48.9 Å². The summed E-state index contributed by atoms with van der Waals surface area (Å²) in [6.07, 6.45) is 5.82. The van der Waals surface area contributed by atoms with Crippen LogP contribution in [0.15, 0.2) is 48.9 Å². The van der Waals surface area contributed by atoms with Crippen LogP contribution in [0.3, 0.4) is 0 Å². The zero-order chi connectivity index (χ0) is 16.4. The molecular weight excluding hydrogens is 336 g/mol. The van der Waals surface area contributed by atoms with Crippen molar-refractivity contribution in [3.8, 4) is 11.4 Å². The third-order valence-corrected chi connectivity index (χ3v) is 4.56. The molecule has 0 spiro atoms. The minimum absolute atomic E-state index is 0. The van der Waals surface area contributed by atoms with Crippen LogP contribution in [0.5, 0.6) is 0 Å². The number of aryl methyl sites for hydroxylation is 1. The van der Waals surface area contributed by atoms with Gasteiger partial charge in [0.25, 0.3) is 0 Å². The highest BCUT2D eigenvalue weighted by molar-refractivity contribution is 5.85. The molecule has 7 heteroatoms. The van der Waals surface area contributed by atoms with Gasteiger partial charge in [-0.2, -0.15) is 0 Å². The van der Waals surface area contributed by atoms with Crippen molar-refractivity contribution in [3.05, 3.63) is 60.4 Å². The van der Waals surface area contributed by atoms with Crippen LogP contribution < -0.4 is 5.32 Å². The smallest absolute Gasteiger partial charge is 0.137 e. The van der Waals surface area contributed by atoms with E-state index in [9.17, 15) is 0 Å². The maximum atomic E-state index is 4.54. The molecule has 1 aliphatic rings. The minimum atomic E-state index is 0. The average Bonchev–Trinajstić information content (AvgIpc) is 3.25. The van der Waals surface area contributed by atoms with Crippen LogP contribution in [-0.2, 0) is 13.6 Å². The normalized spacial score (nSPS) is 18.0. The van der Waals surface area contributed by atoms with Crippen LogP contribution in [0.25, 0.3) is 11.4 Å². The van der Waals surface area contributed by atoms with Crippen molar-refractivity contribution in [2.45, 2.75) is 12.6 Å². The Hall–Kier alpha value is -2.15. The van der Waals surface area contributed by atoms with Crippen molar-refractivity contribution in [1.82, 2.24) is 29.7 Å². The van der Waals surface area contributed by atoms with E-state index in [0.29, 0.717) is 0 Å². The predicted octanol–water partition coefficient (Wildman–Crippen LogP) is 2.38. The Morgan fingerprint density at radius 2 is 2.04 bits per heavy atom. The van der Waals surface area contributed by atoms with E-state index in [1.807, 2.05) is 36.8 Å². The molecule has 6 nitrogen and oxygen atoms in total. The number of hydrogen-bond donors (Lipinski definition) is 2. The highest BCUT2D eigenvalue weighted by atomic mass is 35.5. The van der Waals surface area contributed by atoms with E-state index >= 15 is 0 Å². The first-order valence-corrected chi connectivity index (χ1v) is 8.32. The van der Waals surface area contributed by atoms with Crippen molar-refractivity contribution in [3.63, 3.8) is 0 Å². The molecule has 2 aromatic heterocycles. The number of piperazine rings is 1. The number of benzene rings is 1. The number of nitrogens with one attached hydrogen (secondary N) is 2. The predicted molar refractivity (Wildman–Crippen MR) is 101 cm³/mol. The van der Waals surface area contributed by atoms with Gasteiger partial charge in [-0.3, -0.25) is 4.90 Å². The molecule has 25 heavy (non-hydrogen) atoms. The summed E-state index contributed by atoms with van der Waals surface area (Å²) in [5.41, 5.74) is 2.25. The highest BCUT2D eigenvalue weighted by Crippen LogP contribution is 2.23. The molecule has 2 N–H and O–H groups in total. The molecule has 1 aliphatic heterocycles. The fourth-order valence-electron chi connectivity index (χ4n) is 3.29. The van der Waals surface area contributed by atoms with Gasteiger partial charge in [0.05, 0.1) is 6.04 Å². The Morgan fingerprint density at radius 1 is 1.20 bits per heavy atom. The summed E-state index contributed by atoms with van der Waals surface area (Å²) in [5, 5.41) is 3.48. The highest BCUT2D eigenvalue weighted by Gasteiger charge is 2.27. The summed E-state index contributed by atoms with van der Waals surface area (Å²) in [7, 11) is 2.05. The van der Waals surface area contributed by atoms with Gasteiger partial charge in [-0.15, -0.1) is 12.4 Å². The number of rotatable bonds is 4. The van der Waals surface area contributed by atoms with E-state index in [1.54, 1.807) is 0 Å². The molecule has 1 saturated heterocycles. The lowest BCUT2D eigenvalue weighted by Crippen LogP contribution is -2.46. The van der Waals surface area contributed by atoms with Crippen LogP contribution in [0.1, 0.15) is 17.6 Å². The molecule has 4 rings (SSSR count). The molecule has 1 fully saturated rings. The zero-order valence-electron chi connectivity index (χ0n) is 14.2. The van der Waals surface area contributed by atoms with Crippen LogP contribution >= 0.6 is 12.4 Å². The molecule has 3 heterocycles. The van der Waals surface area contributed by atoms with Crippen LogP contribution in [0.2, 0.25) is 0 Å². The summed E-state index contributed by atoms with van der Waals surface area (Å²) in [5.74, 6) is 2.03. The summed E-state index contributed by atoms with van der Waals surface area (Å²) in [4.78, 5) is 15.0. The van der Waals surface area contributed by atoms with Gasteiger partial charge in [-0.1, -0.05) is 30.3 Å². The van der Waals surface area contributed by atoms with E-state index < -0.39 is 0 Å². The minimum Gasteiger partial charge on any atom is -0.341 e. The second-order valence-corrected chi connectivity index (χ2v) is 6.21. The first-order valence-electron chi connectivity index (χ1n) is 8.32. The first kappa shape index (κ1) is 17.7. The summed E-state index contributed by atoms with van der Waals surface area (Å²) in [6.45, 7) is 3.77. The van der Waals surface area contributed by atoms with Gasteiger partial charge in [0.15, 0.2) is 0 Å². The maximum Gasteiger partial charge on any atom is 0.137 e. The summed E-state index contributed by atoms with van der Waals surface area (Å²) in [6, 6.07) is 10.5. The number of H-pyrrole nitrogens is 1. The lowest BCUT2D eigenvalue weighted by Gasteiger charge is -2.35. The van der Waals surface area contributed by atoms with Gasteiger partial charge in [0.1, 0.15) is 11.6 Å². The molecule has 1 aromatic carbocycles. The van der Waals surface area contributed by atoms with Gasteiger partial charge in [-0.05, 0) is 0 Å². The van der Waals surface area contributed by atoms with Crippen molar-refractivity contribution >= 4 is 12.4 Å². The Labute approximate surface area is 153 Å². The molecule has 1 atom stereocenters. The molecule has 132 valence electrons. The van der Waals surface area contributed by atoms with Gasteiger partial charge < -0.3 is 14.9 Å². The fraction of sp³-hybridized carbons (Fsp3) is 0.333. The lowest BCUT2D eigenvalue weighted by atomic mass is 10.1. The molecule has 0 amide bonds. The molecular formula is C18H23ClN6. The van der Waals surface area contributed by atoms with Crippen LogP contribution in [0, 0.1) is 0 Å². The second-order valence-electron chi connectivity index (χ2n) is 6.21. The third kappa shape index (κ3) is 3.76. The Kier molecular flexibility index (Phi) is 5.53. The number of hydrogen-bond acceptors (Lipinski definition) is 4. The monoisotopic (exact) mass is 358 g/mol. The van der Waals surface area contributed by atoms with E-state index in [0.717, 1.165) is 49.1 Å². The van der Waals surface area contributed by atoms with E-state index in [-0.39, 0.29) is 18.4 Å². The van der Waals surface area contributed by atoms with Crippen molar-refractivity contribution in [2.24, 2.45) is 7.05 Å². The fourth-order valence-corrected chi connectivity index (χ4v) is 3.29. The number of aromatic nitrogens is 4. The van der Waals surface area contributed by atoms with Gasteiger partial charge in [0.2, 0.25) is 0 Å². The maximum absolute atomic E-state index is 4.54. The van der Waals surface area contributed by atoms with Crippen LogP contribution in [-0.4, -0.2) is 44.1 Å². The Balaban J connectivity index is 0.00000182. The van der Waals surface area contributed by atoms with Gasteiger partial charge in [0, 0.05) is 63.1 Å². The molecule has 0 saturated carbocycles. The second kappa shape index (κ2) is 7.82. The van der Waals surface area contributed by atoms with Crippen molar-refractivity contribution in [1.29, 1.82) is 0 Å². The quantitative estimate of drug-likeness (QED) is 0.751. The Morgan fingerprint density at radius 3 is 2.80 bits per heavy atom.